The predicted molar refractivity (Wildman–Crippen MR) is 109 cm³/mol. The predicted octanol–water partition coefficient (Wildman–Crippen LogP) is 5.19. The van der Waals surface area contributed by atoms with Crippen LogP contribution in [0.3, 0.4) is 0 Å². The van der Waals surface area contributed by atoms with E-state index in [2.05, 4.69) is 5.32 Å². The zero-order valence-electron chi connectivity index (χ0n) is 16.9. The third-order valence-electron chi connectivity index (χ3n) is 6.03. The Bertz CT molecular complexity index is 820. The first-order valence-corrected chi connectivity index (χ1v) is 10.4. The molecule has 1 saturated carbocycles. The van der Waals surface area contributed by atoms with Crippen LogP contribution in [0.1, 0.15) is 77.8 Å². The van der Waals surface area contributed by atoms with E-state index in [-0.39, 0.29) is 5.82 Å². The summed E-state index contributed by atoms with van der Waals surface area (Å²) in [5, 5.41) is 13.4. The van der Waals surface area contributed by atoms with Gasteiger partial charge in [0.05, 0.1) is 5.56 Å². The summed E-state index contributed by atoms with van der Waals surface area (Å²) in [6.07, 6.45) is 8.71. The summed E-state index contributed by atoms with van der Waals surface area (Å²) < 4.78 is 15.6. The number of rotatable bonds is 6. The van der Waals surface area contributed by atoms with Gasteiger partial charge in [0.25, 0.3) is 0 Å². The molecule has 0 amide bonds. The van der Waals surface area contributed by atoms with E-state index in [4.69, 9.17) is 0 Å². The molecule has 1 aromatic heterocycles. The highest BCUT2D eigenvalue weighted by Gasteiger charge is 2.23. The van der Waals surface area contributed by atoms with Gasteiger partial charge in [-0.1, -0.05) is 44.2 Å². The highest BCUT2D eigenvalue weighted by atomic mass is 19.1. The zero-order chi connectivity index (χ0) is 20.1. The van der Waals surface area contributed by atoms with E-state index in [1.807, 2.05) is 24.5 Å². The second kappa shape index (κ2) is 9.37. The third-order valence-corrected chi connectivity index (χ3v) is 6.03. The Balaban J connectivity index is 1.82. The van der Waals surface area contributed by atoms with Gasteiger partial charge < -0.3 is 15.0 Å². The van der Waals surface area contributed by atoms with Crippen molar-refractivity contribution in [1.82, 2.24) is 9.88 Å². The van der Waals surface area contributed by atoms with Crippen LogP contribution in [0.4, 0.5) is 4.39 Å². The standard InChI is InChI=1S/C23H31FN2O2/c1-16-21(14-25-20-11-6-4-3-5-7-12-20)22(23(27)28)17(2)26(16)15-18-9-8-10-19(24)13-18/h8-10,13,20,25H,3-7,11-12,14-15H2,1-2H3,(H,27,28). The molecule has 1 aliphatic rings. The molecule has 152 valence electrons. The Kier molecular flexibility index (Phi) is 6.89. The van der Waals surface area contributed by atoms with Crippen LogP contribution in [0.15, 0.2) is 24.3 Å². The van der Waals surface area contributed by atoms with Crippen LogP contribution in [0.25, 0.3) is 0 Å². The molecule has 3 rings (SSSR count). The molecule has 0 spiro atoms. The number of aromatic carboxylic acids is 1. The van der Waals surface area contributed by atoms with Crippen LogP contribution < -0.4 is 5.32 Å². The number of carboxylic acid groups (broad SMARTS) is 1. The molecule has 0 atom stereocenters. The van der Waals surface area contributed by atoms with Crippen molar-refractivity contribution < 1.29 is 14.3 Å². The summed E-state index contributed by atoms with van der Waals surface area (Å²) in [5.74, 6) is -1.17. The Hall–Kier alpha value is -2.14. The van der Waals surface area contributed by atoms with Crippen LogP contribution in [0.2, 0.25) is 0 Å². The molecule has 1 aliphatic carbocycles. The zero-order valence-corrected chi connectivity index (χ0v) is 16.9. The van der Waals surface area contributed by atoms with Crippen molar-refractivity contribution in [2.75, 3.05) is 0 Å². The average molecular weight is 387 g/mol. The Morgan fingerprint density at radius 3 is 2.46 bits per heavy atom. The first-order valence-electron chi connectivity index (χ1n) is 10.4. The molecule has 28 heavy (non-hydrogen) atoms. The Labute approximate surface area is 166 Å². The fourth-order valence-electron chi connectivity index (χ4n) is 4.41. The smallest absolute Gasteiger partial charge is 0.337 e. The van der Waals surface area contributed by atoms with Crippen molar-refractivity contribution in [3.63, 3.8) is 0 Å². The maximum Gasteiger partial charge on any atom is 0.337 e. The summed E-state index contributed by atoms with van der Waals surface area (Å²) in [6, 6.07) is 6.94. The van der Waals surface area contributed by atoms with E-state index in [1.54, 1.807) is 6.07 Å². The molecule has 5 heteroatoms. The van der Waals surface area contributed by atoms with Gasteiger partial charge in [-0.25, -0.2) is 9.18 Å². The van der Waals surface area contributed by atoms with Crippen molar-refractivity contribution in [3.05, 3.63) is 58.2 Å². The number of nitrogens with zero attached hydrogens (tertiary/aromatic N) is 1. The normalized spacial score (nSPS) is 16.0. The third kappa shape index (κ3) is 4.82. The van der Waals surface area contributed by atoms with Gasteiger partial charge in [0, 0.05) is 36.1 Å². The molecule has 2 aromatic rings. The van der Waals surface area contributed by atoms with Gasteiger partial charge >= 0.3 is 5.97 Å². The van der Waals surface area contributed by atoms with Crippen LogP contribution in [0.5, 0.6) is 0 Å². The molecular formula is C23H31FN2O2. The maximum atomic E-state index is 13.6. The van der Waals surface area contributed by atoms with E-state index in [0.717, 1.165) is 35.4 Å². The van der Waals surface area contributed by atoms with E-state index in [1.165, 1.54) is 44.2 Å². The first kappa shape index (κ1) is 20.6. The van der Waals surface area contributed by atoms with Crippen LogP contribution in [-0.4, -0.2) is 21.7 Å². The number of hydrogen-bond donors (Lipinski definition) is 2. The summed E-state index contributed by atoms with van der Waals surface area (Å²) in [6.45, 7) is 4.84. The van der Waals surface area contributed by atoms with Crippen LogP contribution in [0, 0.1) is 19.7 Å². The lowest BCUT2D eigenvalue weighted by molar-refractivity contribution is 0.0694. The fraction of sp³-hybridized carbons (Fsp3) is 0.522. The summed E-state index contributed by atoms with van der Waals surface area (Å²) >= 11 is 0. The topological polar surface area (TPSA) is 54.3 Å². The second-order valence-electron chi connectivity index (χ2n) is 7.97. The molecule has 1 fully saturated rings. The summed E-state index contributed by atoms with van der Waals surface area (Å²) in [4.78, 5) is 12.0. The molecule has 2 N–H and O–H groups in total. The number of carboxylic acids is 1. The molecule has 1 heterocycles. The molecule has 0 unspecified atom stereocenters. The number of carbonyl (C=O) groups is 1. The average Bonchev–Trinajstić information content (AvgIpc) is 2.85. The lowest BCUT2D eigenvalue weighted by Crippen LogP contribution is -2.30. The Morgan fingerprint density at radius 2 is 1.82 bits per heavy atom. The molecule has 4 nitrogen and oxygen atoms in total. The van der Waals surface area contributed by atoms with Gasteiger partial charge in [-0.3, -0.25) is 0 Å². The number of hydrogen-bond acceptors (Lipinski definition) is 2. The minimum Gasteiger partial charge on any atom is -0.478 e. The summed E-state index contributed by atoms with van der Waals surface area (Å²) in [5.41, 5.74) is 3.73. The second-order valence-corrected chi connectivity index (χ2v) is 7.97. The molecule has 0 saturated heterocycles. The number of nitrogens with one attached hydrogen (secondary N) is 1. The van der Waals surface area contributed by atoms with Gasteiger partial charge in [-0.05, 0) is 44.4 Å². The number of benzene rings is 1. The van der Waals surface area contributed by atoms with Crippen LogP contribution >= 0.6 is 0 Å². The van der Waals surface area contributed by atoms with Gasteiger partial charge in [-0.15, -0.1) is 0 Å². The van der Waals surface area contributed by atoms with Crippen molar-refractivity contribution in [2.24, 2.45) is 0 Å². The van der Waals surface area contributed by atoms with Crippen molar-refractivity contribution >= 4 is 5.97 Å². The highest BCUT2D eigenvalue weighted by Crippen LogP contribution is 2.25. The molecular weight excluding hydrogens is 355 g/mol. The SMILES string of the molecule is Cc1c(CNC2CCCCCCC2)c(C(=O)O)c(C)n1Cc1cccc(F)c1. The first-order chi connectivity index (χ1) is 13.5. The lowest BCUT2D eigenvalue weighted by atomic mass is 9.96. The minimum atomic E-state index is -0.895. The van der Waals surface area contributed by atoms with Crippen molar-refractivity contribution in [3.8, 4) is 0 Å². The quantitative estimate of drug-likeness (QED) is 0.718. The monoisotopic (exact) mass is 386 g/mol. The highest BCUT2D eigenvalue weighted by molar-refractivity contribution is 5.91. The van der Waals surface area contributed by atoms with E-state index in [0.29, 0.717) is 24.7 Å². The van der Waals surface area contributed by atoms with Crippen molar-refractivity contribution in [1.29, 1.82) is 0 Å². The van der Waals surface area contributed by atoms with E-state index < -0.39 is 5.97 Å². The van der Waals surface area contributed by atoms with Gasteiger partial charge in [0.2, 0.25) is 0 Å². The van der Waals surface area contributed by atoms with Gasteiger partial charge in [0.1, 0.15) is 5.82 Å². The van der Waals surface area contributed by atoms with Gasteiger partial charge in [-0.2, -0.15) is 0 Å². The largest absolute Gasteiger partial charge is 0.478 e. The molecule has 1 aromatic carbocycles. The molecule has 0 bridgehead atoms. The number of aromatic nitrogens is 1. The fourth-order valence-corrected chi connectivity index (χ4v) is 4.41. The van der Waals surface area contributed by atoms with E-state index >= 15 is 0 Å². The van der Waals surface area contributed by atoms with E-state index in [9.17, 15) is 14.3 Å². The molecule has 0 radical (unpaired) electrons. The van der Waals surface area contributed by atoms with Crippen molar-refractivity contribution in [2.45, 2.75) is 77.9 Å². The minimum absolute atomic E-state index is 0.274. The molecule has 0 aliphatic heterocycles. The van der Waals surface area contributed by atoms with Crippen LogP contribution in [-0.2, 0) is 13.1 Å². The lowest BCUT2D eigenvalue weighted by Gasteiger charge is -2.21. The number of halogens is 1. The summed E-state index contributed by atoms with van der Waals surface area (Å²) in [7, 11) is 0. The Morgan fingerprint density at radius 1 is 1.14 bits per heavy atom. The van der Waals surface area contributed by atoms with Gasteiger partial charge in [0.15, 0.2) is 0 Å². The maximum absolute atomic E-state index is 13.6.